The van der Waals surface area contributed by atoms with Gasteiger partial charge in [-0.1, -0.05) is 20.3 Å². The van der Waals surface area contributed by atoms with Crippen LogP contribution in [0, 0.1) is 5.92 Å². The van der Waals surface area contributed by atoms with Crippen molar-refractivity contribution in [3.63, 3.8) is 0 Å². The summed E-state index contributed by atoms with van der Waals surface area (Å²) in [5.74, 6) is 1.66. The Morgan fingerprint density at radius 2 is 2.19 bits per heavy atom. The number of nitrogens with two attached hydrogens (primary N) is 1. The highest BCUT2D eigenvalue weighted by Gasteiger charge is 2.12. The van der Waals surface area contributed by atoms with Crippen molar-refractivity contribution in [2.75, 3.05) is 23.7 Å². The van der Waals surface area contributed by atoms with Gasteiger partial charge in [-0.15, -0.1) is 0 Å². The van der Waals surface area contributed by atoms with Crippen LogP contribution in [0.4, 0.5) is 11.5 Å². The first-order valence-electron chi connectivity index (χ1n) is 5.74. The molecule has 0 bridgehead atoms. The molecule has 1 heterocycles. The number of aromatic nitrogens is 1. The summed E-state index contributed by atoms with van der Waals surface area (Å²) >= 11 is 3.52. The minimum Gasteiger partial charge on any atom is -0.397 e. The number of anilines is 2. The van der Waals surface area contributed by atoms with E-state index in [1.807, 2.05) is 6.07 Å². The molecule has 0 aromatic carbocycles. The van der Waals surface area contributed by atoms with E-state index in [0.717, 1.165) is 23.4 Å². The number of pyridine rings is 1. The quantitative estimate of drug-likeness (QED) is 0.903. The molecule has 90 valence electrons. The zero-order valence-electron chi connectivity index (χ0n) is 10.2. The van der Waals surface area contributed by atoms with Gasteiger partial charge < -0.3 is 10.6 Å². The summed E-state index contributed by atoms with van der Waals surface area (Å²) < 4.78 is 0.970. The number of nitrogens with zero attached hydrogens (tertiary/aromatic N) is 2. The molecule has 1 rings (SSSR count). The SMILES string of the molecule is CCC(C)CN(CC)c1ncc(N)cc1Br. The monoisotopic (exact) mass is 285 g/mol. The smallest absolute Gasteiger partial charge is 0.143 e. The van der Waals surface area contributed by atoms with Crippen molar-refractivity contribution in [2.24, 2.45) is 5.92 Å². The molecule has 0 saturated carbocycles. The summed E-state index contributed by atoms with van der Waals surface area (Å²) in [6.45, 7) is 8.60. The van der Waals surface area contributed by atoms with Gasteiger partial charge in [-0.3, -0.25) is 0 Å². The lowest BCUT2D eigenvalue weighted by Gasteiger charge is -2.26. The molecule has 1 unspecified atom stereocenters. The first kappa shape index (κ1) is 13.3. The molecule has 16 heavy (non-hydrogen) atoms. The molecule has 0 aliphatic heterocycles. The third kappa shape index (κ3) is 3.37. The van der Waals surface area contributed by atoms with Crippen molar-refractivity contribution in [2.45, 2.75) is 27.2 Å². The van der Waals surface area contributed by atoms with Crippen LogP contribution in [-0.4, -0.2) is 18.1 Å². The van der Waals surface area contributed by atoms with Gasteiger partial charge in [0.2, 0.25) is 0 Å². The van der Waals surface area contributed by atoms with E-state index in [1.54, 1.807) is 6.20 Å². The molecule has 0 aliphatic rings. The maximum atomic E-state index is 5.69. The van der Waals surface area contributed by atoms with E-state index in [2.05, 4.69) is 46.6 Å². The lowest BCUT2D eigenvalue weighted by Crippen LogP contribution is -2.29. The van der Waals surface area contributed by atoms with E-state index < -0.39 is 0 Å². The van der Waals surface area contributed by atoms with Crippen LogP contribution in [0.1, 0.15) is 27.2 Å². The highest BCUT2D eigenvalue weighted by molar-refractivity contribution is 9.10. The molecule has 0 spiro atoms. The molecule has 0 amide bonds. The summed E-state index contributed by atoms with van der Waals surface area (Å²) in [6.07, 6.45) is 2.89. The van der Waals surface area contributed by atoms with Crippen molar-refractivity contribution in [1.29, 1.82) is 0 Å². The Hall–Kier alpha value is -0.770. The van der Waals surface area contributed by atoms with Crippen molar-refractivity contribution in [1.82, 2.24) is 4.98 Å². The third-order valence-electron chi connectivity index (χ3n) is 2.75. The normalized spacial score (nSPS) is 12.5. The van der Waals surface area contributed by atoms with E-state index in [-0.39, 0.29) is 0 Å². The highest BCUT2D eigenvalue weighted by Crippen LogP contribution is 2.26. The average molecular weight is 286 g/mol. The molecule has 2 N–H and O–H groups in total. The second kappa shape index (κ2) is 6.09. The second-order valence-electron chi connectivity index (χ2n) is 4.13. The van der Waals surface area contributed by atoms with Crippen LogP contribution in [0.25, 0.3) is 0 Å². The first-order valence-corrected chi connectivity index (χ1v) is 6.53. The molecular weight excluding hydrogens is 266 g/mol. The van der Waals surface area contributed by atoms with Gasteiger partial charge in [0.25, 0.3) is 0 Å². The van der Waals surface area contributed by atoms with Crippen LogP contribution in [0.15, 0.2) is 16.7 Å². The minimum absolute atomic E-state index is 0.672. The fourth-order valence-electron chi connectivity index (χ4n) is 1.55. The van der Waals surface area contributed by atoms with Gasteiger partial charge in [0.05, 0.1) is 16.4 Å². The molecule has 1 aromatic heterocycles. The molecule has 4 heteroatoms. The van der Waals surface area contributed by atoms with Crippen LogP contribution in [0.2, 0.25) is 0 Å². The maximum absolute atomic E-state index is 5.69. The van der Waals surface area contributed by atoms with E-state index >= 15 is 0 Å². The Morgan fingerprint density at radius 1 is 1.50 bits per heavy atom. The van der Waals surface area contributed by atoms with Gasteiger partial charge in [0.1, 0.15) is 5.82 Å². The fourth-order valence-corrected chi connectivity index (χ4v) is 2.17. The molecule has 1 aromatic rings. The lowest BCUT2D eigenvalue weighted by atomic mass is 10.1. The van der Waals surface area contributed by atoms with E-state index in [0.29, 0.717) is 11.6 Å². The Balaban J connectivity index is 2.86. The maximum Gasteiger partial charge on any atom is 0.143 e. The number of halogens is 1. The third-order valence-corrected chi connectivity index (χ3v) is 3.34. The van der Waals surface area contributed by atoms with Gasteiger partial charge in [-0.05, 0) is 34.8 Å². The fraction of sp³-hybridized carbons (Fsp3) is 0.583. The highest BCUT2D eigenvalue weighted by atomic mass is 79.9. The van der Waals surface area contributed by atoms with Crippen molar-refractivity contribution in [3.05, 3.63) is 16.7 Å². The van der Waals surface area contributed by atoms with Crippen LogP contribution < -0.4 is 10.6 Å². The standard InChI is InChI=1S/C12H20BrN3/c1-4-9(3)8-16(5-2)12-11(13)6-10(14)7-15-12/h6-7,9H,4-5,8,14H2,1-3H3. The van der Waals surface area contributed by atoms with Crippen molar-refractivity contribution >= 4 is 27.4 Å². The number of nitrogen functional groups attached to an aromatic ring is 1. The number of hydrogen-bond acceptors (Lipinski definition) is 3. The summed E-state index contributed by atoms with van der Waals surface area (Å²) in [4.78, 5) is 6.67. The Labute approximate surface area is 106 Å². The van der Waals surface area contributed by atoms with Gasteiger partial charge in [-0.25, -0.2) is 4.98 Å². The van der Waals surface area contributed by atoms with Crippen molar-refractivity contribution in [3.8, 4) is 0 Å². The van der Waals surface area contributed by atoms with Gasteiger partial charge >= 0.3 is 0 Å². The van der Waals surface area contributed by atoms with E-state index in [9.17, 15) is 0 Å². The largest absolute Gasteiger partial charge is 0.397 e. The predicted molar refractivity (Wildman–Crippen MR) is 73.7 cm³/mol. The second-order valence-corrected chi connectivity index (χ2v) is 4.98. The zero-order chi connectivity index (χ0) is 12.1. The lowest BCUT2D eigenvalue weighted by molar-refractivity contribution is 0.545. The molecule has 0 aliphatic carbocycles. The average Bonchev–Trinajstić information content (AvgIpc) is 2.26. The van der Waals surface area contributed by atoms with Gasteiger partial charge in [0, 0.05) is 13.1 Å². The van der Waals surface area contributed by atoms with Crippen LogP contribution in [0.3, 0.4) is 0 Å². The Bertz CT molecular complexity index is 341. The van der Waals surface area contributed by atoms with E-state index in [4.69, 9.17) is 5.73 Å². The van der Waals surface area contributed by atoms with Crippen molar-refractivity contribution < 1.29 is 0 Å². The predicted octanol–water partition coefficient (Wildman–Crippen LogP) is 3.30. The van der Waals surface area contributed by atoms with Crippen LogP contribution >= 0.6 is 15.9 Å². The molecule has 0 saturated heterocycles. The summed E-state index contributed by atoms with van der Waals surface area (Å²) in [7, 11) is 0. The summed E-state index contributed by atoms with van der Waals surface area (Å²) in [5.41, 5.74) is 6.38. The number of hydrogen-bond donors (Lipinski definition) is 1. The number of rotatable bonds is 5. The molecule has 0 fully saturated rings. The van der Waals surface area contributed by atoms with Crippen LogP contribution in [0.5, 0.6) is 0 Å². The first-order chi connectivity index (χ1) is 7.58. The Kier molecular flexibility index (Phi) is 5.06. The molecule has 3 nitrogen and oxygen atoms in total. The molecular formula is C12H20BrN3. The zero-order valence-corrected chi connectivity index (χ0v) is 11.8. The summed E-state index contributed by atoms with van der Waals surface area (Å²) in [6, 6.07) is 1.90. The molecule has 0 radical (unpaired) electrons. The molecule has 1 atom stereocenters. The van der Waals surface area contributed by atoms with Gasteiger partial charge in [0.15, 0.2) is 0 Å². The van der Waals surface area contributed by atoms with Crippen LogP contribution in [-0.2, 0) is 0 Å². The van der Waals surface area contributed by atoms with Gasteiger partial charge in [-0.2, -0.15) is 0 Å². The summed E-state index contributed by atoms with van der Waals surface area (Å²) in [5, 5.41) is 0. The Morgan fingerprint density at radius 3 is 2.69 bits per heavy atom. The van der Waals surface area contributed by atoms with E-state index in [1.165, 1.54) is 6.42 Å². The topological polar surface area (TPSA) is 42.2 Å². The minimum atomic E-state index is 0.672.